The Balaban J connectivity index is 0.00000289. The molecule has 3 nitrogen and oxygen atoms in total. The number of nitrogens with one attached hydrogen (secondary N) is 1. The molecule has 1 rings (SSSR count). The van der Waals surface area contributed by atoms with E-state index >= 15 is 0 Å². The van der Waals surface area contributed by atoms with Gasteiger partial charge in [0, 0.05) is 4.47 Å². The van der Waals surface area contributed by atoms with Crippen molar-refractivity contribution < 1.29 is 9.18 Å². The van der Waals surface area contributed by atoms with Crippen molar-refractivity contribution in [2.75, 3.05) is 17.3 Å². The first-order chi connectivity index (χ1) is 8.04. The number of rotatable bonds is 5. The van der Waals surface area contributed by atoms with E-state index in [0.29, 0.717) is 10.9 Å². The van der Waals surface area contributed by atoms with Gasteiger partial charge in [0.05, 0.1) is 11.7 Å². The highest BCUT2D eigenvalue weighted by Crippen LogP contribution is 2.20. The summed E-state index contributed by atoms with van der Waals surface area (Å²) in [6.07, 6.45) is 2.52. The van der Waals surface area contributed by atoms with E-state index in [9.17, 15) is 9.18 Å². The molecule has 0 bridgehead atoms. The third-order valence-corrected chi connectivity index (χ3v) is 3.29. The van der Waals surface area contributed by atoms with Crippen LogP contribution in [0.5, 0.6) is 0 Å². The molecule has 18 heavy (non-hydrogen) atoms. The van der Waals surface area contributed by atoms with E-state index < -0.39 is 11.9 Å². The van der Waals surface area contributed by atoms with Crippen LogP contribution < -0.4 is 11.1 Å². The average Bonchev–Trinajstić information content (AvgIpc) is 2.30. The van der Waals surface area contributed by atoms with Crippen LogP contribution >= 0.6 is 40.1 Å². The fourth-order valence-electron chi connectivity index (χ4n) is 1.19. The van der Waals surface area contributed by atoms with Crippen molar-refractivity contribution in [1.29, 1.82) is 0 Å². The maximum Gasteiger partial charge on any atom is 0.241 e. The summed E-state index contributed by atoms with van der Waals surface area (Å²) < 4.78 is 14.1. The molecule has 1 aromatic rings. The number of nitrogens with two attached hydrogens (primary N) is 1. The van der Waals surface area contributed by atoms with Crippen molar-refractivity contribution in [3.05, 3.63) is 28.5 Å². The molecule has 0 heterocycles. The maximum atomic E-state index is 13.4. The van der Waals surface area contributed by atoms with E-state index in [1.807, 2.05) is 6.26 Å². The Morgan fingerprint density at radius 1 is 1.61 bits per heavy atom. The van der Waals surface area contributed by atoms with Crippen LogP contribution in [0.3, 0.4) is 0 Å². The number of anilines is 1. The van der Waals surface area contributed by atoms with Crippen LogP contribution in [0, 0.1) is 5.82 Å². The van der Waals surface area contributed by atoms with Gasteiger partial charge in [0.2, 0.25) is 5.91 Å². The summed E-state index contributed by atoms with van der Waals surface area (Å²) in [5.41, 5.74) is 5.82. The van der Waals surface area contributed by atoms with Gasteiger partial charge in [-0.25, -0.2) is 4.39 Å². The Hall–Kier alpha value is -0.300. The highest BCUT2D eigenvalue weighted by molar-refractivity contribution is 9.10. The van der Waals surface area contributed by atoms with Gasteiger partial charge in [0.15, 0.2) is 0 Å². The average molecular weight is 358 g/mol. The van der Waals surface area contributed by atoms with E-state index in [2.05, 4.69) is 21.2 Å². The SMILES string of the molecule is CSCC[C@H](N)C(=O)Nc1cc(Br)ccc1F.Cl. The number of hydrogen-bond acceptors (Lipinski definition) is 3. The van der Waals surface area contributed by atoms with E-state index in [1.165, 1.54) is 12.1 Å². The molecule has 0 aliphatic heterocycles. The fraction of sp³-hybridized carbons (Fsp3) is 0.364. The minimum Gasteiger partial charge on any atom is -0.322 e. The third-order valence-electron chi connectivity index (χ3n) is 2.16. The lowest BCUT2D eigenvalue weighted by Crippen LogP contribution is -2.36. The molecule has 1 atom stereocenters. The topological polar surface area (TPSA) is 55.1 Å². The van der Waals surface area contributed by atoms with Gasteiger partial charge < -0.3 is 11.1 Å². The molecule has 0 saturated carbocycles. The van der Waals surface area contributed by atoms with Crippen LogP contribution in [-0.4, -0.2) is 24.0 Å². The molecule has 1 amide bonds. The summed E-state index contributed by atoms with van der Waals surface area (Å²) in [6.45, 7) is 0. The van der Waals surface area contributed by atoms with E-state index in [-0.39, 0.29) is 24.0 Å². The monoisotopic (exact) mass is 356 g/mol. The molecule has 0 spiro atoms. The molecule has 0 fully saturated rings. The number of hydrogen-bond donors (Lipinski definition) is 2. The molecule has 102 valence electrons. The predicted octanol–water partition coefficient (Wildman–Crippen LogP) is 3.03. The number of carbonyl (C=O) groups is 1. The smallest absolute Gasteiger partial charge is 0.241 e. The van der Waals surface area contributed by atoms with Crippen LogP contribution in [0.4, 0.5) is 10.1 Å². The Bertz CT molecular complexity index is 409. The van der Waals surface area contributed by atoms with Gasteiger partial charge in [-0.15, -0.1) is 12.4 Å². The van der Waals surface area contributed by atoms with E-state index in [1.54, 1.807) is 17.8 Å². The van der Waals surface area contributed by atoms with Gasteiger partial charge >= 0.3 is 0 Å². The third kappa shape index (κ3) is 5.56. The standard InChI is InChI=1S/C11H14BrFN2OS.ClH/c1-17-5-4-9(14)11(16)15-10-6-7(12)2-3-8(10)13;/h2-3,6,9H,4-5,14H2,1H3,(H,15,16);1H/t9-;/m0./s1. The lowest BCUT2D eigenvalue weighted by molar-refractivity contribution is -0.117. The largest absolute Gasteiger partial charge is 0.322 e. The summed E-state index contributed by atoms with van der Waals surface area (Å²) in [5, 5.41) is 2.48. The molecule has 0 aliphatic carbocycles. The highest BCUT2D eigenvalue weighted by Gasteiger charge is 2.14. The van der Waals surface area contributed by atoms with Crippen LogP contribution in [0.25, 0.3) is 0 Å². The number of carbonyl (C=O) groups excluding carboxylic acids is 1. The molecule has 0 saturated heterocycles. The van der Waals surface area contributed by atoms with Crippen LogP contribution in [-0.2, 0) is 4.79 Å². The molecule has 0 unspecified atom stereocenters. The maximum absolute atomic E-state index is 13.4. The number of benzene rings is 1. The molecule has 1 aromatic carbocycles. The second kappa shape index (κ2) is 8.74. The normalized spacial score (nSPS) is 11.6. The lowest BCUT2D eigenvalue weighted by Gasteiger charge is -2.12. The van der Waals surface area contributed by atoms with Crippen molar-refractivity contribution in [3.8, 4) is 0 Å². The number of amides is 1. The van der Waals surface area contributed by atoms with Crippen LogP contribution in [0.15, 0.2) is 22.7 Å². The Labute approximate surface area is 125 Å². The zero-order chi connectivity index (χ0) is 12.8. The zero-order valence-electron chi connectivity index (χ0n) is 9.78. The van der Waals surface area contributed by atoms with Crippen LogP contribution in [0.1, 0.15) is 6.42 Å². The van der Waals surface area contributed by atoms with Gasteiger partial charge in [-0.05, 0) is 36.6 Å². The minimum absolute atomic E-state index is 0. The van der Waals surface area contributed by atoms with Gasteiger partial charge in [-0.2, -0.15) is 11.8 Å². The molecule has 0 aliphatic rings. The quantitative estimate of drug-likeness (QED) is 0.851. The van der Waals surface area contributed by atoms with Crippen molar-refractivity contribution in [1.82, 2.24) is 0 Å². The second-order valence-electron chi connectivity index (χ2n) is 3.50. The van der Waals surface area contributed by atoms with Gasteiger partial charge in [0.1, 0.15) is 5.82 Å². The predicted molar refractivity (Wildman–Crippen MR) is 81.0 cm³/mol. The van der Waals surface area contributed by atoms with Crippen molar-refractivity contribution in [2.45, 2.75) is 12.5 Å². The molecule has 0 radical (unpaired) electrons. The minimum atomic E-state index is -0.610. The summed E-state index contributed by atoms with van der Waals surface area (Å²) >= 11 is 4.83. The summed E-state index contributed by atoms with van der Waals surface area (Å²) in [5.74, 6) is -0.0371. The summed E-state index contributed by atoms with van der Waals surface area (Å²) in [7, 11) is 0. The molecular formula is C11H15BrClFN2OS. The molecule has 7 heteroatoms. The summed E-state index contributed by atoms with van der Waals surface area (Å²) in [6, 6.07) is 3.75. The Morgan fingerprint density at radius 3 is 2.89 bits per heavy atom. The van der Waals surface area contributed by atoms with Gasteiger partial charge in [-0.1, -0.05) is 15.9 Å². The first-order valence-corrected chi connectivity index (χ1v) is 7.23. The first kappa shape index (κ1) is 17.7. The highest BCUT2D eigenvalue weighted by atomic mass is 79.9. The van der Waals surface area contributed by atoms with Crippen molar-refractivity contribution >= 4 is 51.7 Å². The van der Waals surface area contributed by atoms with Gasteiger partial charge in [0.25, 0.3) is 0 Å². The Morgan fingerprint density at radius 2 is 2.28 bits per heavy atom. The Kier molecular flexibility index (Phi) is 8.60. The first-order valence-electron chi connectivity index (χ1n) is 5.05. The van der Waals surface area contributed by atoms with E-state index in [0.717, 1.165) is 5.75 Å². The van der Waals surface area contributed by atoms with Gasteiger partial charge in [-0.3, -0.25) is 4.79 Å². The summed E-state index contributed by atoms with van der Waals surface area (Å²) in [4.78, 5) is 11.7. The number of halogens is 3. The lowest BCUT2D eigenvalue weighted by atomic mass is 10.2. The zero-order valence-corrected chi connectivity index (χ0v) is 13.0. The van der Waals surface area contributed by atoms with Crippen molar-refractivity contribution in [3.63, 3.8) is 0 Å². The van der Waals surface area contributed by atoms with Crippen LogP contribution in [0.2, 0.25) is 0 Å². The van der Waals surface area contributed by atoms with E-state index in [4.69, 9.17) is 5.73 Å². The van der Waals surface area contributed by atoms with Crippen molar-refractivity contribution in [2.24, 2.45) is 5.73 Å². The number of thioether (sulfide) groups is 1. The molecular weight excluding hydrogens is 343 g/mol. The second-order valence-corrected chi connectivity index (χ2v) is 5.40. The fourth-order valence-corrected chi connectivity index (χ4v) is 2.05. The molecule has 0 aromatic heterocycles. The molecule has 3 N–H and O–H groups in total.